The van der Waals surface area contributed by atoms with Crippen LogP contribution in [0.25, 0.3) is 23.1 Å². The Labute approximate surface area is 200 Å². The molecule has 3 aromatic carbocycles. The first-order valence-corrected chi connectivity index (χ1v) is 11.7. The van der Waals surface area contributed by atoms with E-state index in [1.807, 2.05) is 91.0 Å². The molecule has 4 aromatic rings. The van der Waals surface area contributed by atoms with Crippen LogP contribution < -0.4 is 10.1 Å². The number of furan rings is 1. The third kappa shape index (κ3) is 5.74. The number of hydrogen-bond donors (Lipinski definition) is 1. The van der Waals surface area contributed by atoms with Crippen molar-refractivity contribution in [1.29, 1.82) is 0 Å². The maximum absolute atomic E-state index is 13.1. The van der Waals surface area contributed by atoms with Crippen LogP contribution in [0.4, 0.5) is 5.69 Å². The van der Waals surface area contributed by atoms with Crippen LogP contribution in [0.2, 0.25) is 0 Å². The van der Waals surface area contributed by atoms with E-state index in [2.05, 4.69) is 24.1 Å². The van der Waals surface area contributed by atoms with Gasteiger partial charge in [-0.15, -0.1) is 0 Å². The van der Waals surface area contributed by atoms with Crippen molar-refractivity contribution >= 4 is 34.7 Å². The summed E-state index contributed by atoms with van der Waals surface area (Å²) >= 11 is 0. The summed E-state index contributed by atoms with van der Waals surface area (Å²) in [4.78, 5) is 15.4. The summed E-state index contributed by atoms with van der Waals surface area (Å²) in [5.41, 5.74) is 3.17. The Morgan fingerprint density at radius 2 is 1.62 bits per heavy atom. The van der Waals surface area contributed by atoms with Gasteiger partial charge in [0.05, 0.1) is 0 Å². The first kappa shape index (κ1) is 23.3. The highest BCUT2D eigenvalue weighted by Crippen LogP contribution is 2.29. The van der Waals surface area contributed by atoms with E-state index in [4.69, 9.17) is 9.15 Å². The minimum atomic E-state index is -0.292. The third-order valence-corrected chi connectivity index (χ3v) is 5.76. The topological polar surface area (TPSA) is 54.7 Å². The molecule has 0 bridgehead atoms. The average molecular weight is 455 g/mol. The van der Waals surface area contributed by atoms with Crippen molar-refractivity contribution in [3.63, 3.8) is 0 Å². The molecule has 0 saturated heterocycles. The second-order valence-electron chi connectivity index (χ2n) is 7.94. The van der Waals surface area contributed by atoms with Gasteiger partial charge < -0.3 is 19.4 Å². The number of nitrogens with zero attached hydrogens (tertiary/aromatic N) is 1. The molecule has 0 saturated carbocycles. The summed E-state index contributed by atoms with van der Waals surface area (Å²) in [6.45, 7) is 7.82. The quantitative estimate of drug-likeness (QED) is 0.294. The van der Waals surface area contributed by atoms with Crippen molar-refractivity contribution in [3.8, 4) is 5.75 Å². The van der Waals surface area contributed by atoms with Crippen LogP contribution >= 0.6 is 0 Å². The molecule has 174 valence electrons. The number of rotatable bonds is 10. The molecule has 1 heterocycles. The number of benzene rings is 3. The molecule has 0 aliphatic heterocycles. The van der Waals surface area contributed by atoms with Crippen molar-refractivity contribution in [3.05, 3.63) is 95.7 Å². The van der Waals surface area contributed by atoms with E-state index in [0.29, 0.717) is 17.9 Å². The zero-order valence-corrected chi connectivity index (χ0v) is 19.7. The van der Waals surface area contributed by atoms with Gasteiger partial charge in [-0.25, -0.2) is 0 Å². The number of amides is 1. The van der Waals surface area contributed by atoms with Crippen molar-refractivity contribution in [2.24, 2.45) is 0 Å². The van der Waals surface area contributed by atoms with Crippen molar-refractivity contribution < 1.29 is 13.9 Å². The van der Waals surface area contributed by atoms with Crippen LogP contribution in [-0.2, 0) is 0 Å². The Morgan fingerprint density at radius 3 is 2.35 bits per heavy atom. The highest BCUT2D eigenvalue weighted by molar-refractivity contribution is 6.09. The lowest BCUT2D eigenvalue weighted by molar-refractivity contribution is 0.0998. The van der Waals surface area contributed by atoms with Crippen LogP contribution in [0.5, 0.6) is 5.75 Å². The van der Waals surface area contributed by atoms with Crippen molar-refractivity contribution in [1.82, 2.24) is 4.90 Å². The Balaban J connectivity index is 1.48. The number of carbonyl (C=O) groups is 1. The van der Waals surface area contributed by atoms with Crippen molar-refractivity contribution in [2.45, 2.75) is 13.8 Å². The lowest BCUT2D eigenvalue weighted by atomic mass is 10.1. The molecule has 34 heavy (non-hydrogen) atoms. The van der Waals surface area contributed by atoms with Gasteiger partial charge in [0.2, 0.25) is 0 Å². The van der Waals surface area contributed by atoms with E-state index < -0.39 is 0 Å². The second-order valence-corrected chi connectivity index (χ2v) is 7.94. The maximum atomic E-state index is 13.1. The molecular formula is C29H30N2O3. The monoisotopic (exact) mass is 454 g/mol. The summed E-state index contributed by atoms with van der Waals surface area (Å²) in [6.07, 6.45) is 3.92. The summed E-state index contributed by atoms with van der Waals surface area (Å²) in [7, 11) is 0. The van der Waals surface area contributed by atoms with E-state index >= 15 is 0 Å². The van der Waals surface area contributed by atoms with Crippen LogP contribution in [0, 0.1) is 0 Å². The molecule has 1 aromatic heterocycles. The zero-order chi connectivity index (χ0) is 23.8. The van der Waals surface area contributed by atoms with Gasteiger partial charge in [-0.2, -0.15) is 0 Å². The van der Waals surface area contributed by atoms with E-state index in [0.717, 1.165) is 41.9 Å². The Hall–Kier alpha value is -3.83. The molecule has 0 spiro atoms. The molecule has 0 aliphatic carbocycles. The van der Waals surface area contributed by atoms with Gasteiger partial charge in [0.15, 0.2) is 5.76 Å². The Morgan fingerprint density at radius 1 is 0.912 bits per heavy atom. The minimum Gasteiger partial charge on any atom is -0.492 e. The van der Waals surface area contributed by atoms with Gasteiger partial charge in [0, 0.05) is 23.2 Å². The van der Waals surface area contributed by atoms with Gasteiger partial charge in [-0.05, 0) is 55.1 Å². The predicted molar refractivity (Wildman–Crippen MR) is 139 cm³/mol. The van der Waals surface area contributed by atoms with Crippen LogP contribution in [0.15, 0.2) is 83.3 Å². The first-order valence-electron chi connectivity index (χ1n) is 11.7. The fourth-order valence-electron chi connectivity index (χ4n) is 3.80. The molecule has 0 atom stereocenters. The van der Waals surface area contributed by atoms with Crippen LogP contribution in [0.1, 0.15) is 35.5 Å². The molecule has 4 rings (SSSR count). The standard InChI is InChI=1S/C29H30N2O3/c1-3-31(4-2)20-21-33-24-17-15-23(16-18-24)30-29(32)28-26(19-14-22-10-6-5-7-11-22)25-12-8-9-13-27(25)34-28/h5-19H,3-4,20-21H2,1-2H3,(H,30,32)/b19-14+. The lowest BCUT2D eigenvalue weighted by Gasteiger charge is -2.18. The maximum Gasteiger partial charge on any atom is 0.292 e. The predicted octanol–water partition coefficient (Wildman–Crippen LogP) is 6.58. The summed E-state index contributed by atoms with van der Waals surface area (Å²) in [5.74, 6) is 0.771. The number of para-hydroxylation sites is 1. The molecular weight excluding hydrogens is 424 g/mol. The van der Waals surface area contributed by atoms with Crippen molar-refractivity contribution in [2.75, 3.05) is 31.6 Å². The van der Waals surface area contributed by atoms with Gasteiger partial charge in [-0.1, -0.05) is 68.5 Å². The molecule has 5 nitrogen and oxygen atoms in total. The van der Waals surface area contributed by atoms with E-state index in [1.165, 1.54) is 0 Å². The highest BCUT2D eigenvalue weighted by Gasteiger charge is 2.19. The lowest BCUT2D eigenvalue weighted by Crippen LogP contribution is -2.27. The van der Waals surface area contributed by atoms with Gasteiger partial charge in [0.25, 0.3) is 5.91 Å². The first-order chi connectivity index (χ1) is 16.7. The molecule has 1 N–H and O–H groups in total. The summed E-state index contributed by atoms with van der Waals surface area (Å²) in [6, 6.07) is 25.1. The average Bonchev–Trinajstić information content (AvgIpc) is 3.26. The summed E-state index contributed by atoms with van der Waals surface area (Å²) < 4.78 is 11.8. The Kier molecular flexibility index (Phi) is 7.79. The number of ether oxygens (including phenoxy) is 1. The number of nitrogens with one attached hydrogen (secondary N) is 1. The SMILES string of the molecule is CCN(CC)CCOc1ccc(NC(=O)c2oc3ccccc3c2/C=C/c2ccccc2)cc1. The number of hydrogen-bond acceptors (Lipinski definition) is 4. The smallest absolute Gasteiger partial charge is 0.292 e. The minimum absolute atomic E-state index is 0.285. The molecule has 0 unspecified atom stereocenters. The van der Waals surface area contributed by atoms with Crippen LogP contribution in [0.3, 0.4) is 0 Å². The molecule has 0 aliphatic rings. The van der Waals surface area contributed by atoms with E-state index in [1.54, 1.807) is 0 Å². The molecule has 0 radical (unpaired) electrons. The zero-order valence-electron chi connectivity index (χ0n) is 19.7. The fourth-order valence-corrected chi connectivity index (χ4v) is 3.80. The van der Waals surface area contributed by atoms with E-state index in [9.17, 15) is 4.79 Å². The third-order valence-electron chi connectivity index (χ3n) is 5.76. The molecule has 5 heteroatoms. The molecule has 0 fully saturated rings. The number of likely N-dealkylation sites (N-methyl/N-ethyl adjacent to an activating group) is 1. The number of anilines is 1. The fraction of sp³-hybridized carbons (Fsp3) is 0.207. The van der Waals surface area contributed by atoms with Gasteiger partial charge in [-0.3, -0.25) is 4.79 Å². The van der Waals surface area contributed by atoms with Gasteiger partial charge >= 0.3 is 0 Å². The van der Waals surface area contributed by atoms with Gasteiger partial charge in [0.1, 0.15) is 17.9 Å². The second kappa shape index (κ2) is 11.3. The summed E-state index contributed by atoms with van der Waals surface area (Å²) in [5, 5.41) is 3.85. The number of fused-ring (bicyclic) bond motifs is 1. The molecule has 1 amide bonds. The Bertz CT molecular complexity index is 1240. The van der Waals surface area contributed by atoms with E-state index in [-0.39, 0.29) is 11.7 Å². The largest absolute Gasteiger partial charge is 0.492 e. The normalized spacial score (nSPS) is 11.4. The van der Waals surface area contributed by atoms with Crippen LogP contribution in [-0.4, -0.2) is 37.0 Å². The number of carbonyl (C=O) groups excluding carboxylic acids is 1. The highest BCUT2D eigenvalue weighted by atomic mass is 16.5.